The maximum absolute atomic E-state index is 4.51. The summed E-state index contributed by atoms with van der Waals surface area (Å²) in [6.45, 7) is 9.81. The van der Waals surface area contributed by atoms with Gasteiger partial charge in [-0.25, -0.2) is 4.98 Å². The third-order valence-corrected chi connectivity index (χ3v) is 4.73. The Morgan fingerprint density at radius 1 is 1.44 bits per heavy atom. The molecule has 0 amide bonds. The first kappa shape index (κ1) is 14.0. The highest BCUT2D eigenvalue weighted by Crippen LogP contribution is 2.26. The highest BCUT2D eigenvalue weighted by molar-refractivity contribution is 7.11. The summed E-state index contributed by atoms with van der Waals surface area (Å²) in [5, 5.41) is 4.74. The van der Waals surface area contributed by atoms with E-state index in [1.54, 1.807) is 0 Å². The molecule has 0 radical (unpaired) electrons. The van der Waals surface area contributed by atoms with Gasteiger partial charge in [-0.05, 0) is 19.9 Å². The van der Waals surface area contributed by atoms with E-state index in [2.05, 4.69) is 43.0 Å². The molecule has 0 aliphatic heterocycles. The van der Waals surface area contributed by atoms with Crippen LogP contribution >= 0.6 is 11.3 Å². The van der Waals surface area contributed by atoms with Gasteiger partial charge in [0.2, 0.25) is 0 Å². The summed E-state index contributed by atoms with van der Waals surface area (Å²) < 4.78 is 0. The molecule has 1 saturated carbocycles. The van der Waals surface area contributed by atoms with Crippen molar-refractivity contribution in [3.8, 4) is 0 Å². The first-order valence-corrected chi connectivity index (χ1v) is 7.64. The molecule has 1 N–H and O–H groups in total. The van der Waals surface area contributed by atoms with Gasteiger partial charge in [0.15, 0.2) is 0 Å². The van der Waals surface area contributed by atoms with E-state index in [0.717, 1.165) is 25.7 Å². The lowest BCUT2D eigenvalue weighted by Gasteiger charge is -2.15. The molecule has 18 heavy (non-hydrogen) atoms. The summed E-state index contributed by atoms with van der Waals surface area (Å²) in [4.78, 5) is 8.31. The number of aromatic nitrogens is 1. The Morgan fingerprint density at radius 3 is 2.72 bits per heavy atom. The van der Waals surface area contributed by atoms with E-state index in [1.807, 2.05) is 17.5 Å². The standard InChI is InChI=1S/C14H25N3S/c1-14(2,3)13-16-10-12(18-13)9-15-7-8-17(4)11-5-6-11/h10-11,15H,5-9H2,1-4H3. The number of nitrogens with one attached hydrogen (secondary N) is 1. The molecule has 1 aromatic rings. The van der Waals surface area contributed by atoms with E-state index in [-0.39, 0.29) is 5.41 Å². The SMILES string of the molecule is CN(CCNCc1cnc(C(C)(C)C)s1)C1CC1. The summed E-state index contributed by atoms with van der Waals surface area (Å²) in [5.41, 5.74) is 0.176. The lowest BCUT2D eigenvalue weighted by Crippen LogP contribution is -2.30. The zero-order valence-electron chi connectivity index (χ0n) is 12.0. The topological polar surface area (TPSA) is 28.2 Å². The molecule has 102 valence electrons. The summed E-state index contributed by atoms with van der Waals surface area (Å²) in [7, 11) is 2.23. The molecular weight excluding hydrogens is 242 g/mol. The molecule has 1 fully saturated rings. The van der Waals surface area contributed by atoms with Gasteiger partial charge in [-0.15, -0.1) is 11.3 Å². The average Bonchev–Trinajstić information content (AvgIpc) is 3.02. The summed E-state index contributed by atoms with van der Waals surface area (Å²) in [5.74, 6) is 0. The Morgan fingerprint density at radius 2 is 2.17 bits per heavy atom. The van der Waals surface area contributed by atoms with Crippen molar-refractivity contribution in [3.05, 3.63) is 16.1 Å². The van der Waals surface area contributed by atoms with E-state index in [1.165, 1.54) is 22.7 Å². The van der Waals surface area contributed by atoms with Gasteiger partial charge >= 0.3 is 0 Å². The van der Waals surface area contributed by atoms with Gasteiger partial charge in [-0.3, -0.25) is 0 Å². The summed E-state index contributed by atoms with van der Waals surface area (Å²) in [6, 6.07) is 0.864. The van der Waals surface area contributed by atoms with Gasteiger partial charge in [-0.1, -0.05) is 20.8 Å². The van der Waals surface area contributed by atoms with E-state index in [4.69, 9.17) is 0 Å². The summed E-state index contributed by atoms with van der Waals surface area (Å²) >= 11 is 1.83. The van der Waals surface area contributed by atoms with Gasteiger partial charge in [0.1, 0.15) is 0 Å². The van der Waals surface area contributed by atoms with Crippen LogP contribution in [0.25, 0.3) is 0 Å². The second kappa shape index (κ2) is 5.68. The van der Waals surface area contributed by atoms with E-state index in [9.17, 15) is 0 Å². The molecular formula is C14H25N3S. The first-order valence-electron chi connectivity index (χ1n) is 6.83. The van der Waals surface area contributed by atoms with Gasteiger partial charge in [-0.2, -0.15) is 0 Å². The second-order valence-electron chi connectivity index (χ2n) is 6.27. The quantitative estimate of drug-likeness (QED) is 0.803. The predicted molar refractivity (Wildman–Crippen MR) is 78.2 cm³/mol. The number of hydrogen-bond donors (Lipinski definition) is 1. The number of thiazole rings is 1. The van der Waals surface area contributed by atoms with Crippen molar-refractivity contribution >= 4 is 11.3 Å². The third kappa shape index (κ3) is 4.04. The maximum atomic E-state index is 4.51. The Hall–Kier alpha value is -0.450. The maximum Gasteiger partial charge on any atom is 0.0981 e. The van der Waals surface area contributed by atoms with Gasteiger partial charge in [0, 0.05) is 42.2 Å². The number of nitrogens with zero attached hydrogens (tertiary/aromatic N) is 2. The van der Waals surface area contributed by atoms with Crippen LogP contribution < -0.4 is 5.32 Å². The first-order chi connectivity index (χ1) is 8.47. The monoisotopic (exact) mass is 267 g/mol. The number of rotatable bonds is 6. The fraction of sp³-hybridized carbons (Fsp3) is 0.786. The Balaban J connectivity index is 1.68. The van der Waals surface area contributed by atoms with Crippen LogP contribution in [0.15, 0.2) is 6.20 Å². The van der Waals surface area contributed by atoms with Crippen LogP contribution in [0, 0.1) is 0 Å². The molecule has 2 rings (SSSR count). The summed E-state index contributed by atoms with van der Waals surface area (Å²) in [6.07, 6.45) is 4.80. The van der Waals surface area contributed by atoms with Crippen molar-refractivity contribution in [1.29, 1.82) is 0 Å². The van der Waals surface area contributed by atoms with Crippen molar-refractivity contribution in [2.75, 3.05) is 20.1 Å². The third-order valence-electron chi connectivity index (χ3n) is 3.31. The minimum atomic E-state index is 0.176. The molecule has 0 bridgehead atoms. The van der Waals surface area contributed by atoms with Crippen molar-refractivity contribution in [3.63, 3.8) is 0 Å². The van der Waals surface area contributed by atoms with Crippen molar-refractivity contribution in [2.24, 2.45) is 0 Å². The van der Waals surface area contributed by atoms with E-state index >= 15 is 0 Å². The van der Waals surface area contributed by atoms with Gasteiger partial charge < -0.3 is 10.2 Å². The number of hydrogen-bond acceptors (Lipinski definition) is 4. The normalized spacial score (nSPS) is 16.5. The number of likely N-dealkylation sites (N-methyl/N-ethyl adjacent to an activating group) is 1. The lowest BCUT2D eigenvalue weighted by atomic mass is 9.98. The molecule has 0 saturated heterocycles. The molecule has 1 aliphatic carbocycles. The van der Waals surface area contributed by atoms with Crippen LogP contribution in [0.4, 0.5) is 0 Å². The molecule has 1 aromatic heterocycles. The second-order valence-corrected chi connectivity index (χ2v) is 7.39. The molecule has 0 atom stereocenters. The molecule has 3 nitrogen and oxygen atoms in total. The molecule has 0 spiro atoms. The zero-order chi connectivity index (χ0) is 13.2. The van der Waals surface area contributed by atoms with Crippen LogP contribution in [0.2, 0.25) is 0 Å². The molecule has 1 aliphatic rings. The minimum Gasteiger partial charge on any atom is -0.311 e. The van der Waals surface area contributed by atoms with Crippen LogP contribution in [-0.4, -0.2) is 36.1 Å². The fourth-order valence-electron chi connectivity index (χ4n) is 1.90. The average molecular weight is 267 g/mol. The van der Waals surface area contributed by atoms with E-state index in [0.29, 0.717) is 0 Å². The smallest absolute Gasteiger partial charge is 0.0981 e. The predicted octanol–water partition coefficient (Wildman–Crippen LogP) is 2.62. The molecule has 0 aromatic carbocycles. The van der Waals surface area contributed by atoms with Crippen LogP contribution in [0.5, 0.6) is 0 Å². The molecule has 0 unspecified atom stereocenters. The van der Waals surface area contributed by atoms with Gasteiger partial charge in [0.05, 0.1) is 5.01 Å². The molecule has 4 heteroatoms. The zero-order valence-corrected chi connectivity index (χ0v) is 12.8. The lowest BCUT2D eigenvalue weighted by molar-refractivity contribution is 0.322. The minimum absolute atomic E-state index is 0.176. The fourth-order valence-corrected chi connectivity index (χ4v) is 2.84. The van der Waals surface area contributed by atoms with Crippen LogP contribution in [-0.2, 0) is 12.0 Å². The highest BCUT2D eigenvalue weighted by Gasteiger charge is 2.25. The Bertz CT molecular complexity index is 377. The van der Waals surface area contributed by atoms with Crippen molar-refractivity contribution in [1.82, 2.24) is 15.2 Å². The van der Waals surface area contributed by atoms with Crippen molar-refractivity contribution < 1.29 is 0 Å². The van der Waals surface area contributed by atoms with Crippen LogP contribution in [0.1, 0.15) is 43.5 Å². The highest BCUT2D eigenvalue weighted by atomic mass is 32.1. The van der Waals surface area contributed by atoms with Crippen LogP contribution in [0.3, 0.4) is 0 Å². The molecule has 1 heterocycles. The Kier molecular flexibility index (Phi) is 4.41. The van der Waals surface area contributed by atoms with E-state index < -0.39 is 0 Å². The Labute approximate surface area is 115 Å². The van der Waals surface area contributed by atoms with Gasteiger partial charge in [0.25, 0.3) is 0 Å². The largest absolute Gasteiger partial charge is 0.311 e. The van der Waals surface area contributed by atoms with Crippen molar-refractivity contribution in [2.45, 2.75) is 51.6 Å².